The molecule has 0 N–H and O–H groups in total. The van der Waals surface area contributed by atoms with Gasteiger partial charge in [-0.15, -0.1) is 0 Å². The number of alkyl halides is 1. The van der Waals surface area contributed by atoms with Gasteiger partial charge in [0.25, 0.3) is 0 Å². The fraction of sp³-hybridized carbons (Fsp3) is 0.682. The normalized spacial score (nSPS) is 33.4. The highest BCUT2D eigenvalue weighted by Gasteiger charge is 2.49. The van der Waals surface area contributed by atoms with Gasteiger partial charge >= 0.3 is 0 Å². The topological polar surface area (TPSA) is 54.4 Å². The average molecular weight is 432 g/mol. The third kappa shape index (κ3) is 3.21. The number of halogens is 2. The van der Waals surface area contributed by atoms with E-state index in [9.17, 15) is 4.39 Å². The minimum Gasteiger partial charge on any atom is -0.476 e. The Balaban J connectivity index is 1.32. The molecule has 0 aromatic carbocycles. The van der Waals surface area contributed by atoms with Crippen molar-refractivity contribution in [2.45, 2.75) is 50.2 Å². The van der Waals surface area contributed by atoms with Crippen LogP contribution in [0.2, 0.25) is 5.28 Å². The highest BCUT2D eigenvalue weighted by atomic mass is 35.5. The maximum atomic E-state index is 14.1. The standard InChI is InChI=1S/C22H27ClFN5O/c23-21-25-9-17-18(26-21)7-19(27-20(17)28-10-14-2-3-15(6-14)11-28)30-13-22-4-1-5-29(22)12-16(24)8-22/h7,9,14-16H,1-6,8,10-13H2/t14?,15?,16-,22+/m1/s1. The molecule has 5 heterocycles. The monoisotopic (exact) mass is 431 g/mol. The zero-order chi connectivity index (χ0) is 20.3. The average Bonchev–Trinajstić information content (AvgIpc) is 3.36. The van der Waals surface area contributed by atoms with Crippen LogP contribution in [0.1, 0.15) is 38.5 Å². The summed E-state index contributed by atoms with van der Waals surface area (Å²) in [5.74, 6) is 2.92. The molecule has 160 valence electrons. The van der Waals surface area contributed by atoms with Crippen LogP contribution in [0.4, 0.5) is 10.2 Å². The van der Waals surface area contributed by atoms with Crippen LogP contribution in [0.3, 0.4) is 0 Å². The first-order chi connectivity index (χ1) is 14.6. The molecule has 1 aliphatic carbocycles. The first-order valence-electron chi connectivity index (χ1n) is 11.2. The third-order valence-electron chi connectivity index (χ3n) is 7.66. The molecule has 2 aromatic rings. The third-order valence-corrected chi connectivity index (χ3v) is 7.84. The predicted octanol–water partition coefficient (Wildman–Crippen LogP) is 3.87. The molecule has 4 aliphatic rings. The summed E-state index contributed by atoms with van der Waals surface area (Å²) < 4.78 is 20.3. The van der Waals surface area contributed by atoms with Crippen molar-refractivity contribution in [2.24, 2.45) is 11.8 Å². The number of hydrogen-bond donors (Lipinski definition) is 0. The zero-order valence-corrected chi connectivity index (χ0v) is 17.8. The van der Waals surface area contributed by atoms with Crippen molar-refractivity contribution in [3.63, 3.8) is 0 Å². The van der Waals surface area contributed by atoms with Gasteiger partial charge in [0.1, 0.15) is 18.6 Å². The SMILES string of the molecule is F[C@H]1CN2CCC[C@@]2(COc2cc3nc(Cl)ncc3c(N3CC4CCC(C4)C3)n2)C1. The molecule has 0 amide bonds. The van der Waals surface area contributed by atoms with E-state index in [1.807, 2.05) is 6.07 Å². The van der Waals surface area contributed by atoms with Gasteiger partial charge in [-0.05, 0) is 62.1 Å². The van der Waals surface area contributed by atoms with E-state index < -0.39 is 6.17 Å². The van der Waals surface area contributed by atoms with Gasteiger partial charge in [-0.3, -0.25) is 4.90 Å². The van der Waals surface area contributed by atoms with E-state index in [2.05, 4.69) is 19.8 Å². The van der Waals surface area contributed by atoms with Crippen molar-refractivity contribution in [1.29, 1.82) is 0 Å². The molecule has 3 saturated heterocycles. The molecule has 4 fully saturated rings. The number of aromatic nitrogens is 3. The fourth-order valence-electron chi connectivity index (χ4n) is 6.32. The van der Waals surface area contributed by atoms with Gasteiger partial charge in [-0.25, -0.2) is 14.4 Å². The number of ether oxygens (including phenoxy) is 1. The van der Waals surface area contributed by atoms with Gasteiger partial charge in [-0.2, -0.15) is 4.98 Å². The summed E-state index contributed by atoms with van der Waals surface area (Å²) in [4.78, 5) is 18.2. The molecule has 0 spiro atoms. The second-order valence-electron chi connectivity index (χ2n) is 9.67. The first kappa shape index (κ1) is 19.0. The molecule has 2 unspecified atom stereocenters. The van der Waals surface area contributed by atoms with E-state index in [1.54, 1.807) is 6.20 Å². The summed E-state index contributed by atoms with van der Waals surface area (Å²) in [7, 11) is 0. The maximum Gasteiger partial charge on any atom is 0.222 e. The summed E-state index contributed by atoms with van der Waals surface area (Å²) in [5.41, 5.74) is 0.563. The van der Waals surface area contributed by atoms with Gasteiger partial charge in [0.2, 0.25) is 11.2 Å². The molecule has 1 saturated carbocycles. The number of anilines is 1. The van der Waals surface area contributed by atoms with Gasteiger partial charge in [0, 0.05) is 38.3 Å². The first-order valence-corrected chi connectivity index (χ1v) is 11.6. The van der Waals surface area contributed by atoms with E-state index in [0.717, 1.165) is 61.0 Å². The van der Waals surface area contributed by atoms with Gasteiger partial charge in [0.15, 0.2) is 0 Å². The number of fused-ring (bicyclic) bond motifs is 4. The van der Waals surface area contributed by atoms with Gasteiger partial charge in [0.05, 0.1) is 16.4 Å². The summed E-state index contributed by atoms with van der Waals surface area (Å²) in [5, 5.41) is 1.14. The summed E-state index contributed by atoms with van der Waals surface area (Å²) >= 11 is 6.09. The summed E-state index contributed by atoms with van der Waals surface area (Å²) in [6.45, 7) is 3.99. The van der Waals surface area contributed by atoms with Crippen LogP contribution in [-0.2, 0) is 0 Å². The van der Waals surface area contributed by atoms with Crippen LogP contribution in [0.5, 0.6) is 5.88 Å². The molecule has 6 nitrogen and oxygen atoms in total. The Morgan fingerprint density at radius 1 is 1.20 bits per heavy atom. The van der Waals surface area contributed by atoms with Crippen LogP contribution in [0.15, 0.2) is 12.3 Å². The van der Waals surface area contributed by atoms with E-state index >= 15 is 0 Å². The molecule has 8 heteroatoms. The van der Waals surface area contributed by atoms with Crippen molar-refractivity contribution in [3.05, 3.63) is 17.5 Å². The van der Waals surface area contributed by atoms with E-state index in [0.29, 0.717) is 25.5 Å². The molecule has 4 atom stereocenters. The Labute approximate surface area is 180 Å². The number of piperidine rings is 1. The van der Waals surface area contributed by atoms with Crippen molar-refractivity contribution in [3.8, 4) is 5.88 Å². The number of nitrogens with zero attached hydrogens (tertiary/aromatic N) is 5. The minimum absolute atomic E-state index is 0.191. The molecule has 2 aromatic heterocycles. The predicted molar refractivity (Wildman–Crippen MR) is 114 cm³/mol. The lowest BCUT2D eigenvalue weighted by molar-refractivity contribution is 0.111. The second kappa shape index (κ2) is 7.16. The van der Waals surface area contributed by atoms with Crippen molar-refractivity contribution >= 4 is 28.3 Å². The number of pyridine rings is 1. The largest absolute Gasteiger partial charge is 0.476 e. The lowest BCUT2D eigenvalue weighted by Crippen LogP contribution is -2.43. The molecular weight excluding hydrogens is 405 g/mol. The van der Waals surface area contributed by atoms with Crippen molar-refractivity contribution in [1.82, 2.24) is 19.9 Å². The highest BCUT2D eigenvalue weighted by Crippen LogP contribution is 2.42. The Hall–Kier alpha value is -1.73. The van der Waals surface area contributed by atoms with E-state index in [-0.39, 0.29) is 10.8 Å². The van der Waals surface area contributed by atoms with Crippen LogP contribution in [0, 0.1) is 11.8 Å². The van der Waals surface area contributed by atoms with E-state index in [4.69, 9.17) is 21.3 Å². The van der Waals surface area contributed by atoms with Crippen LogP contribution >= 0.6 is 11.6 Å². The Bertz CT molecular complexity index is 964. The van der Waals surface area contributed by atoms with Crippen molar-refractivity contribution in [2.75, 3.05) is 37.7 Å². The molecule has 30 heavy (non-hydrogen) atoms. The number of hydrogen-bond acceptors (Lipinski definition) is 6. The summed E-state index contributed by atoms with van der Waals surface area (Å²) in [6, 6.07) is 1.85. The molecular formula is C22H27ClFN5O. The van der Waals surface area contributed by atoms with Crippen LogP contribution in [-0.4, -0.2) is 64.3 Å². The van der Waals surface area contributed by atoms with E-state index in [1.165, 1.54) is 19.3 Å². The maximum absolute atomic E-state index is 14.1. The Morgan fingerprint density at radius 2 is 2.03 bits per heavy atom. The lowest BCUT2D eigenvalue weighted by atomic mass is 9.95. The van der Waals surface area contributed by atoms with Crippen molar-refractivity contribution < 1.29 is 9.13 Å². The second-order valence-corrected chi connectivity index (χ2v) is 10.0. The molecule has 6 rings (SSSR count). The fourth-order valence-corrected chi connectivity index (χ4v) is 6.46. The molecule has 0 radical (unpaired) electrons. The highest BCUT2D eigenvalue weighted by molar-refractivity contribution is 6.28. The Kier molecular flexibility index (Phi) is 4.53. The smallest absolute Gasteiger partial charge is 0.222 e. The number of rotatable bonds is 4. The van der Waals surface area contributed by atoms with Crippen LogP contribution < -0.4 is 9.64 Å². The van der Waals surface area contributed by atoms with Gasteiger partial charge in [-0.1, -0.05) is 0 Å². The van der Waals surface area contributed by atoms with Crippen LogP contribution in [0.25, 0.3) is 10.9 Å². The molecule has 3 aliphatic heterocycles. The summed E-state index contributed by atoms with van der Waals surface area (Å²) in [6.07, 6.45) is 7.59. The Morgan fingerprint density at radius 3 is 2.87 bits per heavy atom. The quantitative estimate of drug-likeness (QED) is 0.685. The van der Waals surface area contributed by atoms with Gasteiger partial charge < -0.3 is 9.64 Å². The lowest BCUT2D eigenvalue weighted by Gasteiger charge is -2.34. The minimum atomic E-state index is -0.760. The molecule has 2 bridgehead atoms. The zero-order valence-electron chi connectivity index (χ0n) is 17.1.